The summed E-state index contributed by atoms with van der Waals surface area (Å²) in [6, 6.07) is 6.24. The number of methoxy groups -OCH3 is 2. The molecule has 1 aliphatic rings. The molecule has 1 aliphatic heterocycles. The molecule has 1 heterocycles. The van der Waals surface area contributed by atoms with Gasteiger partial charge in [-0.2, -0.15) is 0 Å². The standard InChI is InChI=1S/C15H24N2O2/c1-18-12-14-13(4-3-5-15(14)19-2)6-9-17-10-7-16-8-11-17/h3-5,16H,6-12H2,1-2H3. The summed E-state index contributed by atoms with van der Waals surface area (Å²) in [6.07, 6.45) is 1.05. The molecule has 0 atom stereocenters. The lowest BCUT2D eigenvalue weighted by Gasteiger charge is -2.27. The van der Waals surface area contributed by atoms with E-state index in [2.05, 4.69) is 22.3 Å². The van der Waals surface area contributed by atoms with Gasteiger partial charge in [0.15, 0.2) is 0 Å². The summed E-state index contributed by atoms with van der Waals surface area (Å²) in [7, 11) is 3.45. The van der Waals surface area contributed by atoms with Crippen LogP contribution in [0.15, 0.2) is 18.2 Å². The number of ether oxygens (including phenoxy) is 2. The second-order valence-electron chi connectivity index (χ2n) is 4.87. The van der Waals surface area contributed by atoms with Crippen LogP contribution in [0.25, 0.3) is 0 Å². The molecular weight excluding hydrogens is 240 g/mol. The predicted octanol–water partition coefficient (Wildman–Crippen LogP) is 1.29. The van der Waals surface area contributed by atoms with Crippen molar-refractivity contribution >= 4 is 0 Å². The van der Waals surface area contributed by atoms with E-state index in [1.165, 1.54) is 11.1 Å². The second-order valence-corrected chi connectivity index (χ2v) is 4.87. The fraction of sp³-hybridized carbons (Fsp3) is 0.600. The topological polar surface area (TPSA) is 33.7 Å². The van der Waals surface area contributed by atoms with Crippen LogP contribution >= 0.6 is 0 Å². The Morgan fingerprint density at radius 2 is 2.00 bits per heavy atom. The first kappa shape index (κ1) is 14.3. The molecule has 4 nitrogen and oxygen atoms in total. The van der Waals surface area contributed by atoms with Crippen molar-refractivity contribution in [3.8, 4) is 5.75 Å². The SMILES string of the molecule is COCc1c(CCN2CCNCC2)cccc1OC. The fourth-order valence-corrected chi connectivity index (χ4v) is 2.56. The van der Waals surface area contributed by atoms with Gasteiger partial charge < -0.3 is 19.7 Å². The van der Waals surface area contributed by atoms with E-state index in [1.54, 1.807) is 14.2 Å². The van der Waals surface area contributed by atoms with Gasteiger partial charge in [-0.05, 0) is 18.1 Å². The monoisotopic (exact) mass is 264 g/mol. The van der Waals surface area contributed by atoms with Crippen molar-refractivity contribution in [1.82, 2.24) is 10.2 Å². The first-order valence-electron chi connectivity index (χ1n) is 6.92. The molecule has 0 unspecified atom stereocenters. The van der Waals surface area contributed by atoms with E-state index in [1.807, 2.05) is 6.07 Å². The molecular formula is C15H24N2O2. The van der Waals surface area contributed by atoms with E-state index in [0.717, 1.165) is 44.9 Å². The molecule has 0 amide bonds. The van der Waals surface area contributed by atoms with Crippen LogP contribution in [0.5, 0.6) is 5.75 Å². The third-order valence-corrected chi connectivity index (χ3v) is 3.65. The van der Waals surface area contributed by atoms with E-state index in [-0.39, 0.29) is 0 Å². The average molecular weight is 264 g/mol. The predicted molar refractivity (Wildman–Crippen MR) is 76.7 cm³/mol. The molecule has 4 heteroatoms. The minimum Gasteiger partial charge on any atom is -0.496 e. The molecule has 1 fully saturated rings. The molecule has 0 aliphatic carbocycles. The highest BCUT2D eigenvalue weighted by Gasteiger charge is 2.12. The Hall–Kier alpha value is -1.10. The Morgan fingerprint density at radius 1 is 1.21 bits per heavy atom. The van der Waals surface area contributed by atoms with E-state index < -0.39 is 0 Å². The molecule has 0 aromatic heterocycles. The molecule has 1 N–H and O–H groups in total. The van der Waals surface area contributed by atoms with Gasteiger partial charge >= 0.3 is 0 Å². The van der Waals surface area contributed by atoms with Crippen LogP contribution in [-0.2, 0) is 17.8 Å². The van der Waals surface area contributed by atoms with Crippen LogP contribution in [0.1, 0.15) is 11.1 Å². The normalized spacial score (nSPS) is 16.5. The Balaban J connectivity index is 2.01. The van der Waals surface area contributed by atoms with Gasteiger partial charge in [-0.3, -0.25) is 0 Å². The van der Waals surface area contributed by atoms with Crippen molar-refractivity contribution in [2.24, 2.45) is 0 Å². The lowest BCUT2D eigenvalue weighted by molar-refractivity contribution is 0.180. The molecule has 0 spiro atoms. The van der Waals surface area contributed by atoms with E-state index in [0.29, 0.717) is 6.61 Å². The molecule has 2 rings (SSSR count). The van der Waals surface area contributed by atoms with Crippen molar-refractivity contribution in [1.29, 1.82) is 0 Å². The molecule has 1 saturated heterocycles. The number of nitrogens with zero attached hydrogens (tertiary/aromatic N) is 1. The zero-order chi connectivity index (χ0) is 13.5. The number of rotatable bonds is 6. The Kier molecular flexibility index (Phi) is 5.63. The molecule has 1 aromatic carbocycles. The van der Waals surface area contributed by atoms with E-state index in [9.17, 15) is 0 Å². The first-order valence-corrected chi connectivity index (χ1v) is 6.92. The van der Waals surface area contributed by atoms with Gasteiger partial charge in [0, 0.05) is 45.4 Å². The van der Waals surface area contributed by atoms with Crippen molar-refractivity contribution in [2.45, 2.75) is 13.0 Å². The van der Waals surface area contributed by atoms with Gasteiger partial charge in [0.25, 0.3) is 0 Å². The van der Waals surface area contributed by atoms with Gasteiger partial charge in [-0.25, -0.2) is 0 Å². The van der Waals surface area contributed by atoms with E-state index in [4.69, 9.17) is 9.47 Å². The lowest BCUT2D eigenvalue weighted by Crippen LogP contribution is -2.44. The number of piperazine rings is 1. The summed E-state index contributed by atoms with van der Waals surface area (Å²) >= 11 is 0. The zero-order valence-corrected chi connectivity index (χ0v) is 11.9. The second kappa shape index (κ2) is 7.48. The summed E-state index contributed by atoms with van der Waals surface area (Å²) in [4.78, 5) is 2.51. The maximum absolute atomic E-state index is 5.43. The maximum Gasteiger partial charge on any atom is 0.124 e. The highest BCUT2D eigenvalue weighted by Crippen LogP contribution is 2.23. The average Bonchev–Trinajstić information content (AvgIpc) is 2.47. The number of hydrogen-bond acceptors (Lipinski definition) is 4. The third kappa shape index (κ3) is 3.93. The van der Waals surface area contributed by atoms with Crippen molar-refractivity contribution in [2.75, 3.05) is 46.9 Å². The Labute approximate surface area is 115 Å². The third-order valence-electron chi connectivity index (χ3n) is 3.65. The van der Waals surface area contributed by atoms with E-state index >= 15 is 0 Å². The van der Waals surface area contributed by atoms with Crippen molar-refractivity contribution in [3.63, 3.8) is 0 Å². The highest BCUT2D eigenvalue weighted by atomic mass is 16.5. The highest BCUT2D eigenvalue weighted by molar-refractivity contribution is 5.40. The van der Waals surface area contributed by atoms with Gasteiger partial charge in [0.1, 0.15) is 5.75 Å². The van der Waals surface area contributed by atoms with Crippen molar-refractivity contribution < 1.29 is 9.47 Å². The van der Waals surface area contributed by atoms with Gasteiger partial charge in [0.2, 0.25) is 0 Å². The van der Waals surface area contributed by atoms with Gasteiger partial charge in [0.05, 0.1) is 13.7 Å². The van der Waals surface area contributed by atoms with Crippen molar-refractivity contribution in [3.05, 3.63) is 29.3 Å². The van der Waals surface area contributed by atoms with Crippen LogP contribution in [0.4, 0.5) is 0 Å². The summed E-state index contributed by atoms with van der Waals surface area (Å²) < 4.78 is 10.7. The van der Waals surface area contributed by atoms with Crippen LogP contribution < -0.4 is 10.1 Å². The summed E-state index contributed by atoms with van der Waals surface area (Å²) in [5.41, 5.74) is 2.52. The molecule has 106 valence electrons. The van der Waals surface area contributed by atoms with Gasteiger partial charge in [-0.1, -0.05) is 12.1 Å². The molecule has 19 heavy (non-hydrogen) atoms. The molecule has 0 saturated carbocycles. The summed E-state index contributed by atoms with van der Waals surface area (Å²) in [6.45, 7) is 6.20. The molecule has 1 aromatic rings. The summed E-state index contributed by atoms with van der Waals surface area (Å²) in [5.74, 6) is 0.930. The van der Waals surface area contributed by atoms with Crippen LogP contribution in [0.2, 0.25) is 0 Å². The largest absolute Gasteiger partial charge is 0.496 e. The Morgan fingerprint density at radius 3 is 2.68 bits per heavy atom. The molecule has 0 radical (unpaired) electrons. The zero-order valence-electron chi connectivity index (χ0n) is 11.9. The molecule has 0 bridgehead atoms. The maximum atomic E-state index is 5.43. The van der Waals surface area contributed by atoms with Crippen LogP contribution in [0.3, 0.4) is 0 Å². The lowest BCUT2D eigenvalue weighted by atomic mass is 10.0. The van der Waals surface area contributed by atoms with Crippen LogP contribution in [-0.4, -0.2) is 51.8 Å². The minimum atomic E-state index is 0.612. The number of benzene rings is 1. The minimum absolute atomic E-state index is 0.612. The summed E-state index contributed by atoms with van der Waals surface area (Å²) in [5, 5.41) is 3.38. The fourth-order valence-electron chi connectivity index (χ4n) is 2.56. The van der Waals surface area contributed by atoms with Crippen LogP contribution in [0, 0.1) is 0 Å². The number of nitrogens with one attached hydrogen (secondary N) is 1. The Bertz CT molecular complexity index is 390. The first-order chi connectivity index (χ1) is 9.35. The number of hydrogen-bond donors (Lipinski definition) is 1. The quantitative estimate of drug-likeness (QED) is 0.839. The van der Waals surface area contributed by atoms with Gasteiger partial charge in [-0.15, -0.1) is 0 Å². The smallest absolute Gasteiger partial charge is 0.124 e.